The van der Waals surface area contributed by atoms with Gasteiger partial charge in [-0.15, -0.1) is 0 Å². The number of ether oxygens (including phenoxy) is 2. The Morgan fingerprint density at radius 1 is 0.812 bits per heavy atom. The number of benzene rings is 1. The Morgan fingerprint density at radius 2 is 1.38 bits per heavy atom. The van der Waals surface area contributed by atoms with Gasteiger partial charge >= 0.3 is 11.9 Å². The minimum atomic E-state index is -0.750. The van der Waals surface area contributed by atoms with Crippen molar-refractivity contribution >= 4 is 11.9 Å². The Kier molecular flexibility index (Phi) is 16.4. The first-order valence-corrected chi connectivity index (χ1v) is 12.6. The van der Waals surface area contributed by atoms with Crippen molar-refractivity contribution < 1.29 is 24.2 Å². The highest BCUT2D eigenvalue weighted by Gasteiger charge is 2.14. The molecule has 5 nitrogen and oxygen atoms in total. The second-order valence-electron chi connectivity index (χ2n) is 8.78. The van der Waals surface area contributed by atoms with E-state index in [2.05, 4.69) is 19.1 Å². The lowest BCUT2D eigenvalue weighted by atomic mass is 10.0. The van der Waals surface area contributed by atoms with Crippen molar-refractivity contribution in [2.75, 3.05) is 0 Å². The number of unbranched alkanes of at least 4 members (excludes halogenated alkanes) is 6. The molecule has 5 heteroatoms. The molecule has 0 fully saturated rings. The highest BCUT2D eigenvalue weighted by Crippen LogP contribution is 2.19. The summed E-state index contributed by atoms with van der Waals surface area (Å²) in [5, 5.41) is 8.73. The number of hydrogen-bond acceptors (Lipinski definition) is 4. The van der Waals surface area contributed by atoms with E-state index < -0.39 is 5.97 Å². The third-order valence-corrected chi connectivity index (χ3v) is 5.76. The zero-order valence-electron chi connectivity index (χ0n) is 20.2. The van der Waals surface area contributed by atoms with Gasteiger partial charge in [0.25, 0.3) is 0 Å². The lowest BCUT2D eigenvalue weighted by molar-refractivity contribution is -0.147. The number of hydrogen-bond donors (Lipinski definition) is 1. The van der Waals surface area contributed by atoms with E-state index in [9.17, 15) is 9.59 Å². The molecule has 0 aromatic heterocycles. The molecule has 0 saturated heterocycles. The van der Waals surface area contributed by atoms with Crippen LogP contribution < -0.4 is 0 Å². The average molecular weight is 449 g/mol. The number of carbonyl (C=O) groups is 2. The van der Waals surface area contributed by atoms with Crippen LogP contribution >= 0.6 is 0 Å². The first-order chi connectivity index (χ1) is 15.5. The van der Waals surface area contributed by atoms with E-state index in [1.165, 1.54) is 38.2 Å². The summed E-state index contributed by atoms with van der Waals surface area (Å²) >= 11 is 0. The summed E-state index contributed by atoms with van der Waals surface area (Å²) in [7, 11) is 0. The Balaban J connectivity index is 2.37. The lowest BCUT2D eigenvalue weighted by Gasteiger charge is -2.20. The van der Waals surface area contributed by atoms with Gasteiger partial charge in [-0.2, -0.15) is 0 Å². The van der Waals surface area contributed by atoms with E-state index in [4.69, 9.17) is 14.6 Å². The molecule has 0 radical (unpaired) electrons. The summed E-state index contributed by atoms with van der Waals surface area (Å²) in [6, 6.07) is 10.3. The fourth-order valence-electron chi connectivity index (χ4n) is 3.96. The molecule has 32 heavy (non-hydrogen) atoms. The second-order valence-corrected chi connectivity index (χ2v) is 8.78. The first-order valence-electron chi connectivity index (χ1n) is 12.6. The van der Waals surface area contributed by atoms with Gasteiger partial charge in [-0.05, 0) is 50.5 Å². The van der Waals surface area contributed by atoms with Gasteiger partial charge in [0, 0.05) is 13.3 Å². The van der Waals surface area contributed by atoms with Crippen LogP contribution in [-0.2, 0) is 25.7 Å². The molecule has 0 amide bonds. The van der Waals surface area contributed by atoms with Gasteiger partial charge in [-0.1, -0.05) is 75.8 Å². The zero-order chi connectivity index (χ0) is 23.4. The van der Waals surface area contributed by atoms with E-state index in [0.717, 1.165) is 51.4 Å². The van der Waals surface area contributed by atoms with E-state index in [0.29, 0.717) is 13.0 Å². The summed E-state index contributed by atoms with van der Waals surface area (Å²) in [4.78, 5) is 22.1. The smallest absolute Gasteiger partial charge is 0.303 e. The minimum Gasteiger partial charge on any atom is -0.481 e. The van der Waals surface area contributed by atoms with Crippen LogP contribution in [0.15, 0.2) is 30.3 Å². The molecule has 182 valence electrons. The molecule has 1 aromatic carbocycles. The Morgan fingerprint density at radius 3 is 1.94 bits per heavy atom. The second kappa shape index (κ2) is 18.7. The number of carbonyl (C=O) groups excluding carboxylic acids is 1. The third-order valence-electron chi connectivity index (χ3n) is 5.76. The fraction of sp³-hybridized carbons (Fsp3) is 0.704. The molecule has 1 N–H and O–H groups in total. The Labute approximate surface area is 194 Å². The molecule has 0 spiro atoms. The quantitative estimate of drug-likeness (QED) is 0.171. The van der Waals surface area contributed by atoms with Crippen molar-refractivity contribution in [3.8, 4) is 0 Å². The number of carboxylic acid groups (broad SMARTS) is 1. The molecular weight excluding hydrogens is 404 g/mol. The molecular formula is C27H44O5. The summed E-state index contributed by atoms with van der Waals surface area (Å²) < 4.78 is 11.8. The summed E-state index contributed by atoms with van der Waals surface area (Å²) in [5.41, 5.74) is 1.21. The molecule has 0 saturated carbocycles. The maximum absolute atomic E-state index is 11.4. The van der Waals surface area contributed by atoms with Crippen LogP contribution in [0.1, 0.15) is 109 Å². The third kappa shape index (κ3) is 15.9. The van der Waals surface area contributed by atoms with E-state index in [-0.39, 0.29) is 24.6 Å². The largest absolute Gasteiger partial charge is 0.481 e. The molecule has 0 aliphatic carbocycles. The van der Waals surface area contributed by atoms with E-state index in [1.807, 2.05) is 18.2 Å². The van der Waals surface area contributed by atoms with Gasteiger partial charge in [-0.3, -0.25) is 9.59 Å². The lowest BCUT2D eigenvalue weighted by Crippen LogP contribution is -2.17. The maximum Gasteiger partial charge on any atom is 0.303 e. The Bertz CT molecular complexity index is 601. The molecule has 2 atom stereocenters. The number of rotatable bonds is 20. The summed E-state index contributed by atoms with van der Waals surface area (Å²) in [6.07, 6.45) is 13.7. The van der Waals surface area contributed by atoms with E-state index in [1.54, 1.807) is 0 Å². The topological polar surface area (TPSA) is 72.8 Å². The summed E-state index contributed by atoms with van der Waals surface area (Å²) in [6.45, 7) is 4.35. The van der Waals surface area contributed by atoms with Crippen LogP contribution in [-0.4, -0.2) is 29.3 Å². The molecule has 0 bridgehead atoms. The maximum atomic E-state index is 11.4. The monoisotopic (exact) mass is 448 g/mol. The zero-order valence-corrected chi connectivity index (χ0v) is 20.2. The van der Waals surface area contributed by atoms with E-state index >= 15 is 0 Å². The van der Waals surface area contributed by atoms with Gasteiger partial charge in [0.15, 0.2) is 0 Å². The van der Waals surface area contributed by atoms with Crippen LogP contribution in [0.3, 0.4) is 0 Å². The van der Waals surface area contributed by atoms with Crippen molar-refractivity contribution in [3.05, 3.63) is 35.9 Å². The number of aliphatic carboxylic acids is 1. The van der Waals surface area contributed by atoms with Crippen molar-refractivity contribution in [3.63, 3.8) is 0 Å². The minimum absolute atomic E-state index is 0.0643. The standard InChI is InChI=1S/C27H44O5/c1-3-4-5-10-17-25(31-22-24-15-8-6-9-16-24)18-13-14-20-26(32-23(2)28)19-11-7-12-21-27(29)30/h6,8-9,15-16,25-26H,3-5,7,10-14,17-22H2,1-2H3,(H,29,30). The first kappa shape index (κ1) is 28.2. The van der Waals surface area contributed by atoms with Crippen molar-refractivity contribution in [1.29, 1.82) is 0 Å². The van der Waals surface area contributed by atoms with Crippen molar-refractivity contribution in [2.45, 2.75) is 123 Å². The fourth-order valence-corrected chi connectivity index (χ4v) is 3.96. The van der Waals surface area contributed by atoms with Gasteiger partial charge in [0.1, 0.15) is 6.10 Å². The average Bonchev–Trinajstić information content (AvgIpc) is 2.76. The highest BCUT2D eigenvalue weighted by atomic mass is 16.5. The highest BCUT2D eigenvalue weighted by molar-refractivity contribution is 5.66. The number of esters is 1. The van der Waals surface area contributed by atoms with Crippen molar-refractivity contribution in [2.24, 2.45) is 0 Å². The normalized spacial score (nSPS) is 12.9. The van der Waals surface area contributed by atoms with Crippen LogP contribution in [0.5, 0.6) is 0 Å². The predicted molar refractivity (Wildman–Crippen MR) is 129 cm³/mol. The molecule has 2 unspecified atom stereocenters. The molecule has 0 aliphatic rings. The van der Waals surface area contributed by atoms with Gasteiger partial charge in [-0.25, -0.2) is 0 Å². The van der Waals surface area contributed by atoms with Gasteiger partial charge in [0.05, 0.1) is 12.7 Å². The van der Waals surface area contributed by atoms with Crippen LogP contribution in [0.25, 0.3) is 0 Å². The van der Waals surface area contributed by atoms with Crippen LogP contribution in [0, 0.1) is 0 Å². The molecule has 1 rings (SSSR count). The van der Waals surface area contributed by atoms with Crippen LogP contribution in [0.4, 0.5) is 0 Å². The Hall–Kier alpha value is -1.88. The number of carboxylic acids is 1. The van der Waals surface area contributed by atoms with Gasteiger partial charge < -0.3 is 14.6 Å². The summed E-state index contributed by atoms with van der Waals surface area (Å²) in [5.74, 6) is -0.985. The SMILES string of the molecule is CCCCCCC(CCCCC(CCCCCC(=O)O)OC(C)=O)OCc1ccccc1. The van der Waals surface area contributed by atoms with Crippen molar-refractivity contribution in [1.82, 2.24) is 0 Å². The predicted octanol–water partition coefficient (Wildman–Crippen LogP) is 7.07. The molecule has 0 aliphatic heterocycles. The van der Waals surface area contributed by atoms with Gasteiger partial charge in [0.2, 0.25) is 0 Å². The molecule has 1 aromatic rings. The van der Waals surface area contributed by atoms with Crippen LogP contribution in [0.2, 0.25) is 0 Å². The molecule has 0 heterocycles.